The molecule has 3 aromatic carbocycles. The maximum atomic E-state index is 14.5. The van der Waals surface area contributed by atoms with E-state index in [1.54, 1.807) is 12.1 Å². The van der Waals surface area contributed by atoms with Gasteiger partial charge in [0, 0.05) is 17.7 Å². The molecule has 0 aromatic heterocycles. The quantitative estimate of drug-likeness (QED) is 0.374. The summed E-state index contributed by atoms with van der Waals surface area (Å²) in [5.74, 6) is -5.70. The van der Waals surface area contributed by atoms with Gasteiger partial charge in [0.1, 0.15) is 34.6 Å². The lowest BCUT2D eigenvalue weighted by Gasteiger charge is -2.25. The second-order valence-corrected chi connectivity index (χ2v) is 7.70. The molecule has 0 heterocycles. The summed E-state index contributed by atoms with van der Waals surface area (Å²) in [7, 11) is 0. The maximum Gasteiger partial charge on any atom is 0.432 e. The van der Waals surface area contributed by atoms with E-state index < -0.39 is 40.7 Å². The van der Waals surface area contributed by atoms with Gasteiger partial charge in [0.05, 0.1) is 0 Å². The van der Waals surface area contributed by atoms with Gasteiger partial charge in [-0.05, 0) is 54.5 Å². The monoisotopic (exact) mass is 436 g/mol. The third-order valence-electron chi connectivity index (χ3n) is 5.65. The summed E-state index contributed by atoms with van der Waals surface area (Å²) in [5, 5.41) is 0. The van der Waals surface area contributed by atoms with E-state index >= 15 is 0 Å². The van der Waals surface area contributed by atoms with E-state index in [1.165, 1.54) is 6.42 Å². The van der Waals surface area contributed by atoms with E-state index in [0.717, 1.165) is 37.5 Å². The smallest absolute Gasteiger partial charge is 0.429 e. The number of halogens is 6. The van der Waals surface area contributed by atoms with Crippen LogP contribution in [0.2, 0.25) is 0 Å². The first-order valence-corrected chi connectivity index (χ1v) is 9.78. The van der Waals surface area contributed by atoms with Crippen LogP contribution in [0.15, 0.2) is 48.5 Å². The van der Waals surface area contributed by atoms with Crippen molar-refractivity contribution in [2.45, 2.75) is 38.2 Å². The van der Waals surface area contributed by atoms with Gasteiger partial charge in [-0.25, -0.2) is 17.6 Å². The Morgan fingerprint density at radius 3 is 1.81 bits per heavy atom. The minimum absolute atomic E-state index is 0.0853. The summed E-state index contributed by atoms with van der Waals surface area (Å²) < 4.78 is 89.6. The minimum Gasteiger partial charge on any atom is -0.429 e. The molecular weight excluding hydrogens is 418 g/mol. The van der Waals surface area contributed by atoms with Crippen LogP contribution < -0.4 is 4.74 Å². The average molecular weight is 436 g/mol. The van der Waals surface area contributed by atoms with Crippen molar-refractivity contribution in [3.8, 4) is 16.9 Å². The summed E-state index contributed by atoms with van der Waals surface area (Å²) in [6, 6.07) is 9.72. The van der Waals surface area contributed by atoms with Crippen molar-refractivity contribution < 1.29 is 31.1 Å². The molecule has 1 saturated carbocycles. The molecule has 1 aliphatic carbocycles. The molecule has 7 heteroatoms. The number of hydrogen-bond acceptors (Lipinski definition) is 1. The zero-order valence-corrected chi connectivity index (χ0v) is 16.5. The van der Waals surface area contributed by atoms with Crippen LogP contribution >= 0.6 is 0 Å². The zero-order chi connectivity index (χ0) is 22.3. The van der Waals surface area contributed by atoms with Gasteiger partial charge in [0.25, 0.3) is 0 Å². The van der Waals surface area contributed by atoms with Gasteiger partial charge in [0.2, 0.25) is 0 Å². The van der Waals surface area contributed by atoms with Crippen molar-refractivity contribution in [3.05, 3.63) is 88.5 Å². The highest BCUT2D eigenvalue weighted by Gasteiger charge is 2.41. The van der Waals surface area contributed by atoms with Gasteiger partial charge in [-0.2, -0.15) is 8.78 Å². The molecule has 0 saturated heterocycles. The van der Waals surface area contributed by atoms with Crippen LogP contribution in [0.25, 0.3) is 11.1 Å². The molecule has 162 valence electrons. The molecule has 0 unspecified atom stereocenters. The molecule has 0 bridgehead atoms. The van der Waals surface area contributed by atoms with E-state index in [2.05, 4.69) is 4.74 Å². The van der Waals surface area contributed by atoms with Crippen molar-refractivity contribution in [1.82, 2.24) is 0 Å². The Labute approximate surface area is 175 Å². The van der Waals surface area contributed by atoms with Crippen LogP contribution in [-0.4, -0.2) is 0 Å². The van der Waals surface area contributed by atoms with Crippen LogP contribution in [-0.2, 0) is 6.11 Å². The molecule has 0 amide bonds. The van der Waals surface area contributed by atoms with Gasteiger partial charge in [-0.15, -0.1) is 0 Å². The molecule has 0 spiro atoms. The molecule has 1 nitrogen and oxygen atoms in total. The highest BCUT2D eigenvalue weighted by molar-refractivity contribution is 5.64. The number of alkyl halides is 2. The third kappa shape index (κ3) is 4.13. The predicted molar refractivity (Wildman–Crippen MR) is 104 cm³/mol. The molecule has 4 rings (SSSR count). The van der Waals surface area contributed by atoms with Crippen LogP contribution in [0, 0.1) is 30.2 Å². The number of ether oxygens (including phenoxy) is 1. The standard InChI is InChI=1S/C24H18F6O/c1-13-19(25)11-18(12-20(13)26)31-24(29,30)23-21(27)9-17(10-22(23)28)16-7-5-15(6-8-16)14-3-2-4-14/h5-12,14H,2-4H2,1H3. The highest BCUT2D eigenvalue weighted by Crippen LogP contribution is 2.39. The van der Waals surface area contributed by atoms with Crippen molar-refractivity contribution >= 4 is 0 Å². The lowest BCUT2D eigenvalue weighted by Crippen LogP contribution is -2.25. The molecule has 31 heavy (non-hydrogen) atoms. The van der Waals surface area contributed by atoms with Crippen molar-refractivity contribution in [2.24, 2.45) is 0 Å². The predicted octanol–water partition coefficient (Wildman–Crippen LogP) is 7.61. The minimum atomic E-state index is -4.49. The normalized spacial score (nSPS) is 14.4. The van der Waals surface area contributed by atoms with E-state index in [1.807, 2.05) is 12.1 Å². The Balaban J connectivity index is 1.63. The maximum absolute atomic E-state index is 14.5. The summed E-state index contributed by atoms with van der Waals surface area (Å²) in [6.07, 6.45) is -1.13. The Hall–Kier alpha value is -2.96. The van der Waals surface area contributed by atoms with Crippen molar-refractivity contribution in [3.63, 3.8) is 0 Å². The lowest BCUT2D eigenvalue weighted by molar-refractivity contribution is -0.189. The average Bonchev–Trinajstić information content (AvgIpc) is 2.64. The summed E-state index contributed by atoms with van der Waals surface area (Å²) in [4.78, 5) is 0. The Morgan fingerprint density at radius 2 is 1.32 bits per heavy atom. The molecule has 0 radical (unpaired) electrons. The van der Waals surface area contributed by atoms with Crippen molar-refractivity contribution in [1.29, 1.82) is 0 Å². The van der Waals surface area contributed by atoms with E-state index in [0.29, 0.717) is 23.6 Å². The summed E-state index contributed by atoms with van der Waals surface area (Å²) in [5.41, 5.74) is -0.337. The van der Waals surface area contributed by atoms with Crippen LogP contribution in [0.1, 0.15) is 41.9 Å². The number of hydrogen-bond donors (Lipinski definition) is 0. The van der Waals surface area contributed by atoms with Gasteiger partial charge in [-0.3, -0.25) is 0 Å². The fourth-order valence-electron chi connectivity index (χ4n) is 3.59. The van der Waals surface area contributed by atoms with Crippen molar-refractivity contribution in [2.75, 3.05) is 0 Å². The fraction of sp³-hybridized carbons (Fsp3) is 0.250. The van der Waals surface area contributed by atoms with Gasteiger partial charge in [0.15, 0.2) is 0 Å². The molecule has 1 aliphatic rings. The van der Waals surface area contributed by atoms with E-state index in [-0.39, 0.29) is 11.1 Å². The first kappa shape index (κ1) is 21.3. The Bertz CT molecular complexity index is 1070. The Morgan fingerprint density at radius 1 is 0.774 bits per heavy atom. The molecule has 1 fully saturated rings. The largest absolute Gasteiger partial charge is 0.432 e. The highest BCUT2D eigenvalue weighted by atomic mass is 19.3. The third-order valence-corrected chi connectivity index (χ3v) is 5.65. The molecular formula is C24H18F6O. The SMILES string of the molecule is Cc1c(F)cc(OC(F)(F)c2c(F)cc(-c3ccc(C4CCC4)cc3)cc2F)cc1F. The Kier molecular flexibility index (Phi) is 5.45. The first-order valence-electron chi connectivity index (χ1n) is 9.78. The van der Waals surface area contributed by atoms with Crippen LogP contribution in [0.5, 0.6) is 5.75 Å². The van der Waals surface area contributed by atoms with Crippen LogP contribution in [0.4, 0.5) is 26.3 Å². The van der Waals surface area contributed by atoms with Gasteiger partial charge >= 0.3 is 6.11 Å². The topological polar surface area (TPSA) is 9.23 Å². The molecule has 3 aromatic rings. The van der Waals surface area contributed by atoms with Gasteiger partial charge in [-0.1, -0.05) is 30.7 Å². The number of rotatable bonds is 5. The van der Waals surface area contributed by atoms with E-state index in [9.17, 15) is 26.3 Å². The lowest BCUT2D eigenvalue weighted by atomic mass is 9.80. The molecule has 0 atom stereocenters. The van der Waals surface area contributed by atoms with E-state index in [4.69, 9.17) is 0 Å². The number of benzene rings is 3. The van der Waals surface area contributed by atoms with Gasteiger partial charge < -0.3 is 4.74 Å². The summed E-state index contributed by atoms with van der Waals surface area (Å²) in [6.45, 7) is 1.11. The fourth-order valence-corrected chi connectivity index (χ4v) is 3.59. The summed E-state index contributed by atoms with van der Waals surface area (Å²) >= 11 is 0. The van der Waals surface area contributed by atoms with Crippen LogP contribution in [0.3, 0.4) is 0 Å². The molecule has 0 aliphatic heterocycles. The second kappa shape index (κ2) is 7.94. The first-order chi connectivity index (χ1) is 14.7. The zero-order valence-electron chi connectivity index (χ0n) is 16.5. The second-order valence-electron chi connectivity index (χ2n) is 7.70. The molecule has 0 N–H and O–H groups in total.